The van der Waals surface area contributed by atoms with Gasteiger partial charge < -0.3 is 65.1 Å². The number of rotatable bonds is 24. The Kier molecular flexibility index (Phi) is 22.4. The van der Waals surface area contributed by atoms with Gasteiger partial charge >= 0.3 is 0 Å². The third kappa shape index (κ3) is 15.1. The van der Waals surface area contributed by atoms with E-state index in [2.05, 4.69) is 36.5 Å². The van der Waals surface area contributed by atoms with E-state index in [1.165, 1.54) is 32.1 Å². The zero-order valence-electron chi connectivity index (χ0n) is 29.6. The number of allylic oxidation sites excluding steroid dienone is 5. The largest absolute Gasteiger partial charge is 0.394 e. The van der Waals surface area contributed by atoms with E-state index in [1.807, 2.05) is 13.0 Å². The predicted octanol–water partition coefficient (Wildman–Crippen LogP) is 0.862. The molecule has 2 heterocycles. The standard InChI is InChI=1S/C36H63NO13/c1-3-5-6-7-8-9-10-11-12-13-14-15-16-17-18-20-25(40)24(37-28(41)19-4-2)23-47-35-33(46)31(44)34(27(22-39)49-35)50-36-32(45)30(43)29(42)26(21-38)48-36/h10-11,14-15,18,20,24-27,29-36,38-40,42-46H,3-9,12-13,16-17,19,21-23H2,1-2H3,(H,37,41)/b11-10+,15-14+,20-18+. The first kappa shape index (κ1) is 44.4. The topological polar surface area (TPSA) is 228 Å². The molecule has 1 amide bonds. The van der Waals surface area contributed by atoms with Gasteiger partial charge in [-0.3, -0.25) is 4.79 Å². The molecule has 2 fully saturated rings. The number of hydrogen-bond acceptors (Lipinski definition) is 13. The van der Waals surface area contributed by atoms with Crippen LogP contribution in [0, 0.1) is 0 Å². The molecule has 0 aromatic rings. The Hall–Kier alpha value is -1.79. The average Bonchev–Trinajstić information content (AvgIpc) is 3.10. The van der Waals surface area contributed by atoms with Crippen molar-refractivity contribution in [3.63, 3.8) is 0 Å². The number of aliphatic hydroxyl groups is 8. The summed E-state index contributed by atoms with van der Waals surface area (Å²) in [6.45, 7) is 2.31. The molecule has 12 atom stereocenters. The van der Waals surface area contributed by atoms with Crippen molar-refractivity contribution in [2.45, 2.75) is 164 Å². The van der Waals surface area contributed by atoms with E-state index in [9.17, 15) is 45.6 Å². The molecule has 14 heteroatoms. The second-order valence-electron chi connectivity index (χ2n) is 13.0. The van der Waals surface area contributed by atoms with Crippen LogP contribution in [0.2, 0.25) is 0 Å². The summed E-state index contributed by atoms with van der Waals surface area (Å²) in [6, 6.07) is -0.928. The fourth-order valence-electron chi connectivity index (χ4n) is 5.72. The van der Waals surface area contributed by atoms with Crippen LogP contribution in [0.1, 0.15) is 90.9 Å². The van der Waals surface area contributed by atoms with Gasteiger partial charge in [0, 0.05) is 6.42 Å². The van der Waals surface area contributed by atoms with Gasteiger partial charge in [0.1, 0.15) is 48.8 Å². The Morgan fingerprint density at radius 1 is 0.700 bits per heavy atom. The first-order valence-electron chi connectivity index (χ1n) is 18.2. The lowest BCUT2D eigenvalue weighted by atomic mass is 9.97. The highest BCUT2D eigenvalue weighted by molar-refractivity contribution is 5.76. The van der Waals surface area contributed by atoms with E-state index in [-0.39, 0.29) is 18.9 Å². The van der Waals surface area contributed by atoms with Crippen molar-refractivity contribution in [2.24, 2.45) is 0 Å². The fourth-order valence-corrected chi connectivity index (χ4v) is 5.72. The first-order chi connectivity index (χ1) is 24.1. The Morgan fingerprint density at radius 3 is 1.90 bits per heavy atom. The number of hydrogen-bond donors (Lipinski definition) is 9. The Bertz CT molecular complexity index is 993. The van der Waals surface area contributed by atoms with Crippen molar-refractivity contribution < 1.29 is 64.6 Å². The van der Waals surface area contributed by atoms with Crippen LogP contribution in [0.5, 0.6) is 0 Å². The Balaban J connectivity index is 1.88. The minimum Gasteiger partial charge on any atom is -0.394 e. The van der Waals surface area contributed by atoms with Gasteiger partial charge in [-0.25, -0.2) is 0 Å². The molecule has 12 unspecified atom stereocenters. The van der Waals surface area contributed by atoms with E-state index in [4.69, 9.17) is 18.9 Å². The maximum absolute atomic E-state index is 12.4. The lowest BCUT2D eigenvalue weighted by molar-refractivity contribution is -0.359. The third-order valence-electron chi connectivity index (χ3n) is 8.78. The zero-order valence-corrected chi connectivity index (χ0v) is 29.6. The number of aliphatic hydroxyl groups excluding tert-OH is 8. The minimum atomic E-state index is -1.79. The molecule has 2 aliphatic heterocycles. The van der Waals surface area contributed by atoms with E-state index >= 15 is 0 Å². The van der Waals surface area contributed by atoms with Gasteiger partial charge in [0.25, 0.3) is 0 Å². The van der Waals surface area contributed by atoms with Crippen LogP contribution in [0.25, 0.3) is 0 Å². The van der Waals surface area contributed by atoms with Crippen molar-refractivity contribution in [2.75, 3.05) is 19.8 Å². The lowest BCUT2D eigenvalue weighted by Gasteiger charge is -2.46. The summed E-state index contributed by atoms with van der Waals surface area (Å²) in [4.78, 5) is 12.4. The molecule has 0 radical (unpaired) electrons. The zero-order chi connectivity index (χ0) is 36.9. The van der Waals surface area contributed by atoms with Gasteiger partial charge in [-0.1, -0.05) is 76.0 Å². The summed E-state index contributed by atoms with van der Waals surface area (Å²) >= 11 is 0. The predicted molar refractivity (Wildman–Crippen MR) is 184 cm³/mol. The van der Waals surface area contributed by atoms with Gasteiger partial charge in [-0.2, -0.15) is 0 Å². The first-order valence-corrected chi connectivity index (χ1v) is 18.2. The van der Waals surface area contributed by atoms with Gasteiger partial charge in [0.05, 0.1) is 32.0 Å². The summed E-state index contributed by atoms with van der Waals surface area (Å²) in [7, 11) is 0. The maximum atomic E-state index is 12.4. The van der Waals surface area contributed by atoms with Crippen molar-refractivity contribution >= 4 is 5.91 Å². The quantitative estimate of drug-likeness (QED) is 0.0500. The molecule has 2 aliphatic rings. The number of carbonyl (C=O) groups excluding carboxylic acids is 1. The van der Waals surface area contributed by atoms with Gasteiger partial charge in [-0.05, 0) is 44.9 Å². The summed E-state index contributed by atoms with van der Waals surface area (Å²) < 4.78 is 22.2. The van der Waals surface area contributed by atoms with Gasteiger partial charge in [-0.15, -0.1) is 0 Å². The van der Waals surface area contributed by atoms with Crippen LogP contribution in [0.4, 0.5) is 0 Å². The van der Waals surface area contributed by atoms with E-state index in [1.54, 1.807) is 6.08 Å². The minimum absolute atomic E-state index is 0.219. The molecule has 2 saturated heterocycles. The smallest absolute Gasteiger partial charge is 0.220 e. The van der Waals surface area contributed by atoms with Crippen LogP contribution < -0.4 is 5.32 Å². The monoisotopic (exact) mass is 717 g/mol. The highest BCUT2D eigenvalue weighted by Gasteiger charge is 2.50. The molecule has 2 rings (SSSR count). The number of amides is 1. The van der Waals surface area contributed by atoms with Crippen molar-refractivity contribution in [3.05, 3.63) is 36.5 Å². The van der Waals surface area contributed by atoms with Gasteiger partial charge in [0.2, 0.25) is 5.91 Å². The third-order valence-corrected chi connectivity index (χ3v) is 8.78. The van der Waals surface area contributed by atoms with Crippen LogP contribution >= 0.6 is 0 Å². The lowest BCUT2D eigenvalue weighted by Crippen LogP contribution is -2.65. The maximum Gasteiger partial charge on any atom is 0.220 e. The van der Waals surface area contributed by atoms with Crippen LogP contribution in [-0.2, 0) is 23.7 Å². The number of carbonyl (C=O) groups is 1. The highest BCUT2D eigenvalue weighted by Crippen LogP contribution is 2.29. The molecule has 50 heavy (non-hydrogen) atoms. The molecule has 0 aromatic heterocycles. The summed E-state index contributed by atoms with van der Waals surface area (Å²) in [5.74, 6) is -0.312. The average molecular weight is 718 g/mol. The van der Waals surface area contributed by atoms with Crippen molar-refractivity contribution in [3.8, 4) is 0 Å². The molecule has 0 aromatic carbocycles. The van der Waals surface area contributed by atoms with Gasteiger partial charge in [0.15, 0.2) is 12.6 Å². The van der Waals surface area contributed by atoms with Crippen LogP contribution in [0.15, 0.2) is 36.5 Å². The molecular formula is C36H63NO13. The summed E-state index contributed by atoms with van der Waals surface area (Å²) in [5.41, 5.74) is 0. The molecule has 9 N–H and O–H groups in total. The van der Waals surface area contributed by atoms with Crippen molar-refractivity contribution in [1.82, 2.24) is 5.32 Å². The van der Waals surface area contributed by atoms with E-state index in [0.29, 0.717) is 12.8 Å². The molecule has 14 nitrogen and oxygen atoms in total. The van der Waals surface area contributed by atoms with E-state index < -0.39 is 86.8 Å². The SMILES string of the molecule is CCCCCCC/C=C/CC/C=C/CC/C=C/C(O)C(COC1OC(CO)C(OC2OC(CO)C(O)C(O)C2O)C(O)C1O)NC(=O)CCC. The second-order valence-corrected chi connectivity index (χ2v) is 13.0. The number of nitrogens with one attached hydrogen (secondary N) is 1. The van der Waals surface area contributed by atoms with Crippen molar-refractivity contribution in [1.29, 1.82) is 0 Å². The van der Waals surface area contributed by atoms with Crippen LogP contribution in [-0.4, -0.2) is 140 Å². The number of ether oxygens (including phenoxy) is 4. The summed E-state index contributed by atoms with van der Waals surface area (Å²) in [5, 5.41) is 85.1. The number of unbranched alkanes of at least 4 members (excludes halogenated alkanes) is 7. The Morgan fingerprint density at radius 2 is 1.28 bits per heavy atom. The molecule has 0 saturated carbocycles. The normalized spacial score (nSPS) is 31.9. The molecule has 0 bridgehead atoms. The fraction of sp³-hybridized carbons (Fsp3) is 0.806. The highest BCUT2D eigenvalue weighted by atomic mass is 16.7. The molecule has 290 valence electrons. The molecular weight excluding hydrogens is 654 g/mol. The molecule has 0 spiro atoms. The van der Waals surface area contributed by atoms with E-state index in [0.717, 1.165) is 25.7 Å². The second kappa shape index (κ2) is 25.2. The van der Waals surface area contributed by atoms with Crippen LogP contribution in [0.3, 0.4) is 0 Å². The Labute approximate surface area is 296 Å². The summed E-state index contributed by atoms with van der Waals surface area (Å²) in [6.07, 6.45) is 6.82. The molecule has 0 aliphatic carbocycles.